The molecule has 16 heavy (non-hydrogen) atoms. The average Bonchev–Trinajstić information content (AvgIpc) is 2.15. The molecule has 0 fully saturated rings. The van der Waals surface area contributed by atoms with Crippen LogP contribution in [0.15, 0.2) is 30.5 Å². The first-order valence-electron chi connectivity index (χ1n) is 4.44. The van der Waals surface area contributed by atoms with E-state index < -0.39 is 5.82 Å². The Morgan fingerprint density at radius 3 is 2.25 bits per heavy atom. The van der Waals surface area contributed by atoms with E-state index in [4.69, 9.17) is 28.9 Å². The first-order chi connectivity index (χ1) is 7.56. The van der Waals surface area contributed by atoms with Gasteiger partial charge in [0.1, 0.15) is 5.69 Å². The van der Waals surface area contributed by atoms with E-state index in [1.807, 2.05) is 0 Å². The number of hydrogen-bond acceptors (Lipinski definition) is 2. The number of aromatic nitrogens is 1. The standard InChI is InChI=1S/C11H7Cl2FN2/c12-7-1-6(2-8(13)3-7)11-10(14)4-9(15)5-16-11/h1-5H,15H2. The number of rotatable bonds is 1. The molecule has 0 spiro atoms. The van der Waals surface area contributed by atoms with E-state index in [0.29, 0.717) is 15.6 Å². The van der Waals surface area contributed by atoms with Crippen LogP contribution in [0.4, 0.5) is 10.1 Å². The van der Waals surface area contributed by atoms with Crippen LogP contribution < -0.4 is 5.73 Å². The lowest BCUT2D eigenvalue weighted by Gasteiger charge is -2.04. The predicted octanol–water partition coefficient (Wildman–Crippen LogP) is 3.78. The summed E-state index contributed by atoms with van der Waals surface area (Å²) in [6.45, 7) is 0. The smallest absolute Gasteiger partial charge is 0.151 e. The second-order valence-corrected chi connectivity index (χ2v) is 4.13. The molecule has 2 N–H and O–H groups in total. The molecule has 0 aliphatic heterocycles. The van der Waals surface area contributed by atoms with Crippen LogP contribution in [0.2, 0.25) is 10.0 Å². The fraction of sp³-hybridized carbons (Fsp3) is 0. The number of nitrogens with two attached hydrogens (primary N) is 1. The van der Waals surface area contributed by atoms with Crippen LogP contribution in [0.3, 0.4) is 0 Å². The molecule has 2 nitrogen and oxygen atoms in total. The molecule has 0 radical (unpaired) electrons. The van der Waals surface area contributed by atoms with Crippen LogP contribution in [0.25, 0.3) is 11.3 Å². The van der Waals surface area contributed by atoms with Crippen LogP contribution in [0.5, 0.6) is 0 Å². The van der Waals surface area contributed by atoms with Crippen LogP contribution in [0.1, 0.15) is 0 Å². The van der Waals surface area contributed by atoms with Crippen molar-refractivity contribution in [2.45, 2.75) is 0 Å². The zero-order valence-corrected chi connectivity index (χ0v) is 9.56. The molecule has 0 unspecified atom stereocenters. The summed E-state index contributed by atoms with van der Waals surface area (Å²) >= 11 is 11.6. The Kier molecular flexibility index (Phi) is 2.99. The average molecular weight is 257 g/mol. The summed E-state index contributed by atoms with van der Waals surface area (Å²) in [5, 5.41) is 0.862. The summed E-state index contributed by atoms with van der Waals surface area (Å²) in [6.07, 6.45) is 1.38. The van der Waals surface area contributed by atoms with Crippen molar-refractivity contribution < 1.29 is 4.39 Å². The van der Waals surface area contributed by atoms with Gasteiger partial charge in [0.05, 0.1) is 11.9 Å². The molecule has 0 bridgehead atoms. The molecule has 0 aliphatic rings. The van der Waals surface area contributed by atoms with Gasteiger partial charge in [-0.15, -0.1) is 0 Å². The molecule has 0 amide bonds. The number of anilines is 1. The van der Waals surface area contributed by atoms with E-state index in [2.05, 4.69) is 4.98 Å². The molecular weight excluding hydrogens is 250 g/mol. The quantitative estimate of drug-likeness (QED) is 0.844. The fourth-order valence-electron chi connectivity index (χ4n) is 1.36. The zero-order chi connectivity index (χ0) is 11.7. The number of pyridine rings is 1. The Morgan fingerprint density at radius 1 is 1.06 bits per heavy atom. The molecule has 0 saturated carbocycles. The van der Waals surface area contributed by atoms with E-state index in [-0.39, 0.29) is 11.4 Å². The van der Waals surface area contributed by atoms with Gasteiger partial charge in [-0.2, -0.15) is 0 Å². The van der Waals surface area contributed by atoms with E-state index in [1.54, 1.807) is 18.2 Å². The Hall–Kier alpha value is -1.32. The lowest BCUT2D eigenvalue weighted by molar-refractivity contribution is 0.626. The minimum absolute atomic E-state index is 0.179. The molecule has 5 heteroatoms. The summed E-state index contributed by atoms with van der Waals surface area (Å²) in [4.78, 5) is 3.91. The third kappa shape index (κ3) is 2.26. The first kappa shape index (κ1) is 11.2. The maximum Gasteiger partial charge on any atom is 0.151 e. The Labute approximate surface area is 102 Å². The van der Waals surface area contributed by atoms with Gasteiger partial charge in [-0.1, -0.05) is 23.2 Å². The molecule has 2 rings (SSSR count). The molecule has 0 saturated heterocycles. The Bertz CT molecular complexity index is 523. The highest BCUT2D eigenvalue weighted by Gasteiger charge is 2.08. The van der Waals surface area contributed by atoms with Gasteiger partial charge in [0.15, 0.2) is 5.82 Å². The molecule has 0 atom stereocenters. The first-order valence-corrected chi connectivity index (χ1v) is 5.19. The second kappa shape index (κ2) is 4.28. The lowest BCUT2D eigenvalue weighted by atomic mass is 10.1. The third-order valence-electron chi connectivity index (χ3n) is 2.00. The fourth-order valence-corrected chi connectivity index (χ4v) is 1.88. The van der Waals surface area contributed by atoms with Gasteiger partial charge in [-0.3, -0.25) is 4.98 Å². The van der Waals surface area contributed by atoms with Crippen molar-refractivity contribution in [3.8, 4) is 11.3 Å². The highest BCUT2D eigenvalue weighted by molar-refractivity contribution is 6.35. The molecular formula is C11H7Cl2FN2. The van der Waals surface area contributed by atoms with Crippen molar-refractivity contribution in [1.82, 2.24) is 4.98 Å². The minimum Gasteiger partial charge on any atom is -0.397 e. The summed E-state index contributed by atoms with van der Waals surface area (Å²) < 4.78 is 13.6. The number of nitrogens with zero attached hydrogens (tertiary/aromatic N) is 1. The van der Waals surface area contributed by atoms with Crippen LogP contribution in [-0.2, 0) is 0 Å². The van der Waals surface area contributed by atoms with Crippen molar-refractivity contribution in [2.75, 3.05) is 5.73 Å². The van der Waals surface area contributed by atoms with E-state index >= 15 is 0 Å². The monoisotopic (exact) mass is 256 g/mol. The van der Waals surface area contributed by atoms with Crippen molar-refractivity contribution in [2.24, 2.45) is 0 Å². The van der Waals surface area contributed by atoms with Crippen LogP contribution in [-0.4, -0.2) is 4.98 Å². The number of hydrogen-bond donors (Lipinski definition) is 1. The maximum atomic E-state index is 13.6. The van der Waals surface area contributed by atoms with Gasteiger partial charge < -0.3 is 5.73 Å². The zero-order valence-electron chi connectivity index (χ0n) is 8.05. The number of halogens is 3. The molecule has 1 aromatic carbocycles. The summed E-state index contributed by atoms with van der Waals surface area (Å²) in [7, 11) is 0. The summed E-state index contributed by atoms with van der Waals surface area (Å²) in [5.74, 6) is -0.502. The highest BCUT2D eigenvalue weighted by Crippen LogP contribution is 2.28. The van der Waals surface area contributed by atoms with E-state index in [9.17, 15) is 4.39 Å². The number of nitrogen functional groups attached to an aromatic ring is 1. The Morgan fingerprint density at radius 2 is 1.69 bits per heavy atom. The lowest BCUT2D eigenvalue weighted by Crippen LogP contribution is -1.93. The van der Waals surface area contributed by atoms with E-state index in [0.717, 1.165) is 0 Å². The molecule has 2 aromatic rings. The predicted molar refractivity (Wildman–Crippen MR) is 64.1 cm³/mol. The second-order valence-electron chi connectivity index (χ2n) is 3.26. The van der Waals surface area contributed by atoms with Gasteiger partial charge in [0.25, 0.3) is 0 Å². The summed E-state index contributed by atoms with van der Waals surface area (Å²) in [6, 6.07) is 5.96. The van der Waals surface area contributed by atoms with Crippen molar-refractivity contribution >= 4 is 28.9 Å². The molecule has 1 aromatic heterocycles. The normalized spacial score (nSPS) is 10.4. The Balaban J connectivity index is 2.58. The summed E-state index contributed by atoms with van der Waals surface area (Å²) in [5.41, 5.74) is 6.39. The van der Waals surface area contributed by atoms with Crippen molar-refractivity contribution in [3.05, 3.63) is 46.3 Å². The van der Waals surface area contributed by atoms with Crippen molar-refractivity contribution in [3.63, 3.8) is 0 Å². The van der Waals surface area contributed by atoms with Gasteiger partial charge >= 0.3 is 0 Å². The van der Waals surface area contributed by atoms with Crippen LogP contribution >= 0.6 is 23.2 Å². The highest BCUT2D eigenvalue weighted by atomic mass is 35.5. The topological polar surface area (TPSA) is 38.9 Å². The third-order valence-corrected chi connectivity index (χ3v) is 2.43. The number of benzene rings is 1. The maximum absolute atomic E-state index is 13.6. The largest absolute Gasteiger partial charge is 0.397 e. The van der Waals surface area contributed by atoms with Gasteiger partial charge in [0.2, 0.25) is 0 Å². The van der Waals surface area contributed by atoms with Crippen LogP contribution in [0, 0.1) is 5.82 Å². The SMILES string of the molecule is Nc1cnc(-c2cc(Cl)cc(Cl)c2)c(F)c1. The van der Waals surface area contributed by atoms with E-state index in [1.165, 1.54) is 12.3 Å². The minimum atomic E-state index is -0.502. The van der Waals surface area contributed by atoms with Gasteiger partial charge in [0, 0.05) is 21.7 Å². The molecule has 82 valence electrons. The van der Waals surface area contributed by atoms with Crippen molar-refractivity contribution in [1.29, 1.82) is 0 Å². The van der Waals surface area contributed by atoms with Gasteiger partial charge in [-0.05, 0) is 18.2 Å². The molecule has 0 aliphatic carbocycles. The van der Waals surface area contributed by atoms with Gasteiger partial charge in [-0.25, -0.2) is 4.39 Å². The molecule has 1 heterocycles.